The second-order valence-electron chi connectivity index (χ2n) is 9.14. The van der Waals surface area contributed by atoms with Gasteiger partial charge < -0.3 is 30.8 Å². The van der Waals surface area contributed by atoms with Gasteiger partial charge in [-0.3, -0.25) is 4.79 Å². The molecule has 0 aliphatic carbocycles. The lowest BCUT2D eigenvalue weighted by Gasteiger charge is -2.17. The molecule has 0 aliphatic rings. The Labute approximate surface area is 204 Å². The fraction of sp³-hybridized carbons (Fsp3) is 0.478. The molecule has 0 fully saturated rings. The number of rotatable bonds is 9. The first-order chi connectivity index (χ1) is 16.5. The van der Waals surface area contributed by atoms with E-state index in [2.05, 4.69) is 56.3 Å². The molecule has 0 unspecified atom stereocenters. The Bertz CT molecular complexity index is 1170. The molecule has 0 radical (unpaired) electrons. The zero-order valence-corrected chi connectivity index (χ0v) is 21.1. The molecule has 188 valence electrons. The molecule has 5 N–H and O–H groups in total. The first-order valence-corrected chi connectivity index (χ1v) is 11.2. The Balaban J connectivity index is 1.90. The number of anilines is 2. The van der Waals surface area contributed by atoms with Crippen LogP contribution < -0.4 is 21.1 Å². The molecule has 12 heteroatoms. The summed E-state index contributed by atoms with van der Waals surface area (Å²) in [5.41, 5.74) is 7.94. The number of aromatic amines is 1. The van der Waals surface area contributed by atoms with Crippen LogP contribution in [0.1, 0.15) is 40.4 Å². The Morgan fingerprint density at radius 3 is 2.54 bits per heavy atom. The van der Waals surface area contributed by atoms with Crippen LogP contribution in [0.25, 0.3) is 22.8 Å². The summed E-state index contributed by atoms with van der Waals surface area (Å²) >= 11 is 0. The normalized spacial score (nSPS) is 13.2. The van der Waals surface area contributed by atoms with Gasteiger partial charge in [0.05, 0.1) is 24.7 Å². The van der Waals surface area contributed by atoms with Gasteiger partial charge in [0.2, 0.25) is 11.9 Å². The first-order valence-electron chi connectivity index (χ1n) is 11.2. The van der Waals surface area contributed by atoms with Crippen molar-refractivity contribution in [3.8, 4) is 28.7 Å². The van der Waals surface area contributed by atoms with Crippen LogP contribution in [0.4, 0.5) is 11.8 Å². The number of ether oxygens (including phenoxy) is 2. The maximum Gasteiger partial charge on any atom is 0.257 e. The number of nitrogens with one attached hydrogen (secondary N) is 3. The average Bonchev–Trinajstić information content (AvgIpc) is 3.29. The van der Waals surface area contributed by atoms with Crippen LogP contribution in [0.2, 0.25) is 0 Å². The van der Waals surface area contributed by atoms with E-state index in [0.717, 1.165) is 5.82 Å². The summed E-state index contributed by atoms with van der Waals surface area (Å²) in [6.07, 6.45) is 2.68. The summed E-state index contributed by atoms with van der Waals surface area (Å²) in [4.78, 5) is 37.8. The standard InChI is InChI=1S/C23H33N9O3/c1-12(28-19(33)13(2)34-6)10-27-22-25-9-8-14(30-22)16-17(32-21(31-16)23(3,4)5)15-11-26-18(24)20(29-15)35-7/h8-9,11-13H,10H2,1-7H3,(H2,24,26)(H,28,33)(H,31,32)(H,25,27,30)/t12-,13-/m0/s1. The average molecular weight is 484 g/mol. The largest absolute Gasteiger partial charge is 0.478 e. The molecular formula is C23H33N9O3. The lowest BCUT2D eigenvalue weighted by atomic mass is 9.96. The first kappa shape index (κ1) is 25.8. The van der Waals surface area contributed by atoms with Crippen molar-refractivity contribution in [1.82, 2.24) is 35.2 Å². The summed E-state index contributed by atoms with van der Waals surface area (Å²) in [6, 6.07) is 1.61. The molecular weight excluding hydrogens is 450 g/mol. The number of carbonyl (C=O) groups is 1. The van der Waals surface area contributed by atoms with Crippen molar-refractivity contribution in [3.05, 3.63) is 24.3 Å². The van der Waals surface area contributed by atoms with Crippen molar-refractivity contribution < 1.29 is 14.3 Å². The number of nitrogens with zero attached hydrogens (tertiary/aromatic N) is 5. The number of nitrogen functional groups attached to an aromatic ring is 1. The molecule has 1 amide bonds. The Morgan fingerprint density at radius 2 is 1.89 bits per heavy atom. The third-order valence-corrected chi connectivity index (χ3v) is 5.21. The number of imidazole rings is 1. The predicted molar refractivity (Wildman–Crippen MR) is 133 cm³/mol. The van der Waals surface area contributed by atoms with Crippen LogP contribution in [-0.4, -0.2) is 68.7 Å². The molecule has 3 aromatic heterocycles. The highest BCUT2D eigenvalue weighted by Crippen LogP contribution is 2.33. The van der Waals surface area contributed by atoms with E-state index < -0.39 is 6.10 Å². The van der Waals surface area contributed by atoms with Crippen LogP contribution >= 0.6 is 0 Å². The van der Waals surface area contributed by atoms with Crippen molar-refractivity contribution in [2.45, 2.75) is 52.2 Å². The zero-order chi connectivity index (χ0) is 25.8. The molecule has 0 spiro atoms. The van der Waals surface area contributed by atoms with E-state index in [0.29, 0.717) is 35.3 Å². The van der Waals surface area contributed by atoms with E-state index in [9.17, 15) is 4.79 Å². The molecule has 0 saturated heterocycles. The van der Waals surface area contributed by atoms with Gasteiger partial charge >= 0.3 is 0 Å². The summed E-state index contributed by atoms with van der Waals surface area (Å²) in [5, 5.41) is 6.04. The topological polar surface area (TPSA) is 166 Å². The maximum atomic E-state index is 12.0. The van der Waals surface area contributed by atoms with Gasteiger partial charge in [0.25, 0.3) is 5.88 Å². The van der Waals surface area contributed by atoms with Gasteiger partial charge in [0.1, 0.15) is 23.3 Å². The number of hydrogen-bond donors (Lipinski definition) is 4. The van der Waals surface area contributed by atoms with Crippen LogP contribution in [0, 0.1) is 0 Å². The van der Waals surface area contributed by atoms with Gasteiger partial charge in [-0.15, -0.1) is 0 Å². The Morgan fingerprint density at radius 1 is 1.14 bits per heavy atom. The molecule has 35 heavy (non-hydrogen) atoms. The van der Waals surface area contributed by atoms with Crippen LogP contribution in [0.15, 0.2) is 18.5 Å². The third kappa shape index (κ3) is 6.21. The molecule has 0 saturated carbocycles. The maximum absolute atomic E-state index is 12.0. The van der Waals surface area contributed by atoms with Crippen molar-refractivity contribution in [3.63, 3.8) is 0 Å². The lowest BCUT2D eigenvalue weighted by molar-refractivity contribution is -0.130. The van der Waals surface area contributed by atoms with Gasteiger partial charge in [-0.1, -0.05) is 20.8 Å². The molecule has 0 aromatic carbocycles. The SMILES string of the molecule is COc1nc(-c2nc(C(C)(C)C)[nH]c2-c2ccnc(NC[C@H](C)NC(=O)[C@H](C)OC)n2)cnc1N. The van der Waals surface area contributed by atoms with E-state index in [1.54, 1.807) is 25.4 Å². The fourth-order valence-corrected chi connectivity index (χ4v) is 3.09. The minimum Gasteiger partial charge on any atom is -0.478 e. The number of nitrogens with two attached hydrogens (primary N) is 1. The molecule has 0 aliphatic heterocycles. The number of methoxy groups -OCH3 is 2. The molecule has 3 rings (SSSR count). The van der Waals surface area contributed by atoms with E-state index in [-0.39, 0.29) is 29.1 Å². The number of carbonyl (C=O) groups excluding carboxylic acids is 1. The minimum absolute atomic E-state index is 0.167. The van der Waals surface area contributed by atoms with E-state index in [4.69, 9.17) is 20.2 Å². The van der Waals surface area contributed by atoms with Crippen LogP contribution in [0.5, 0.6) is 5.88 Å². The zero-order valence-electron chi connectivity index (χ0n) is 21.1. The predicted octanol–water partition coefficient (Wildman–Crippen LogP) is 2.16. The van der Waals surface area contributed by atoms with Gasteiger partial charge in [-0.2, -0.15) is 0 Å². The Hall–Kier alpha value is -3.80. The number of hydrogen-bond acceptors (Lipinski definition) is 10. The molecule has 12 nitrogen and oxygen atoms in total. The highest BCUT2D eigenvalue weighted by Gasteiger charge is 2.25. The van der Waals surface area contributed by atoms with Gasteiger partial charge in [-0.05, 0) is 19.9 Å². The van der Waals surface area contributed by atoms with E-state index >= 15 is 0 Å². The number of H-pyrrole nitrogens is 1. The van der Waals surface area contributed by atoms with Crippen molar-refractivity contribution >= 4 is 17.7 Å². The minimum atomic E-state index is -0.525. The molecule has 3 aromatic rings. The lowest BCUT2D eigenvalue weighted by Crippen LogP contribution is -2.42. The Kier molecular flexibility index (Phi) is 7.85. The number of amides is 1. The third-order valence-electron chi connectivity index (χ3n) is 5.21. The smallest absolute Gasteiger partial charge is 0.257 e. The van der Waals surface area contributed by atoms with Crippen molar-refractivity contribution in [2.24, 2.45) is 0 Å². The van der Waals surface area contributed by atoms with Crippen molar-refractivity contribution in [1.29, 1.82) is 0 Å². The van der Waals surface area contributed by atoms with Crippen molar-refractivity contribution in [2.75, 3.05) is 31.8 Å². The van der Waals surface area contributed by atoms with Gasteiger partial charge in [0, 0.05) is 31.3 Å². The monoisotopic (exact) mass is 483 g/mol. The van der Waals surface area contributed by atoms with Crippen LogP contribution in [-0.2, 0) is 14.9 Å². The molecule has 0 bridgehead atoms. The second kappa shape index (κ2) is 10.6. The highest BCUT2D eigenvalue weighted by molar-refractivity contribution is 5.80. The second-order valence-corrected chi connectivity index (χ2v) is 9.14. The summed E-state index contributed by atoms with van der Waals surface area (Å²) in [7, 11) is 2.98. The molecule has 3 heterocycles. The van der Waals surface area contributed by atoms with E-state index in [1.165, 1.54) is 14.2 Å². The van der Waals surface area contributed by atoms with Crippen LogP contribution in [0.3, 0.4) is 0 Å². The number of aromatic nitrogens is 6. The van der Waals surface area contributed by atoms with Gasteiger partial charge in [0.15, 0.2) is 5.82 Å². The summed E-state index contributed by atoms with van der Waals surface area (Å²) < 4.78 is 10.3. The quantitative estimate of drug-likeness (QED) is 0.354. The fourth-order valence-electron chi connectivity index (χ4n) is 3.09. The summed E-state index contributed by atoms with van der Waals surface area (Å²) in [5.74, 6) is 1.39. The molecule has 2 atom stereocenters. The van der Waals surface area contributed by atoms with Gasteiger partial charge in [-0.25, -0.2) is 24.9 Å². The summed E-state index contributed by atoms with van der Waals surface area (Å²) in [6.45, 7) is 10.2. The highest BCUT2D eigenvalue weighted by atomic mass is 16.5. The van der Waals surface area contributed by atoms with E-state index in [1.807, 2.05) is 6.92 Å².